The first-order valence-electron chi connectivity index (χ1n) is 25.1. The van der Waals surface area contributed by atoms with Crippen LogP contribution in [-0.4, -0.2) is 105 Å². The number of rotatable bonds is 18. The highest BCUT2D eigenvalue weighted by Gasteiger charge is 2.50. The molecule has 5 bridgehead atoms. The number of hydrogen-bond acceptors (Lipinski definition) is 14. The first-order valence-corrected chi connectivity index (χ1v) is 25.1. The van der Waals surface area contributed by atoms with Gasteiger partial charge in [0.1, 0.15) is 23.4 Å². The lowest BCUT2D eigenvalue weighted by Crippen LogP contribution is -2.46. The number of amides is 1. The molecular weight excluding hydrogens is 883 g/mol. The second kappa shape index (κ2) is 26.2. The molecule has 0 saturated heterocycles. The summed E-state index contributed by atoms with van der Waals surface area (Å²) in [4.78, 5) is 41.2. The van der Waals surface area contributed by atoms with Crippen LogP contribution in [0.2, 0.25) is 0 Å². The van der Waals surface area contributed by atoms with Crippen LogP contribution < -0.4 is 10.1 Å². The van der Waals surface area contributed by atoms with Crippen LogP contribution in [0.1, 0.15) is 161 Å². The van der Waals surface area contributed by atoms with Crippen molar-refractivity contribution in [3.05, 3.63) is 52.8 Å². The molecule has 384 valence electrons. The monoisotopic (exact) mass is 964 g/mol. The summed E-state index contributed by atoms with van der Waals surface area (Å²) >= 11 is 0. The third-order valence-electron chi connectivity index (χ3n) is 13.9. The van der Waals surface area contributed by atoms with Crippen molar-refractivity contribution in [2.45, 2.75) is 176 Å². The number of carbonyl (C=O) groups is 3. The number of phenolic OH excluding ortho intramolecular Hbond substituents is 3. The maximum atomic E-state index is 14.7. The number of Topliss-reactive ketones (excluding diaryl/α,β-unsaturated/α-hetero) is 1. The Balaban J connectivity index is 1.93. The summed E-state index contributed by atoms with van der Waals surface area (Å²) in [5.74, 6) is -8.26. The number of nitrogens with zero attached hydrogens (tertiary/aromatic N) is 2. The van der Waals surface area contributed by atoms with Gasteiger partial charge in [0.05, 0.1) is 53.0 Å². The van der Waals surface area contributed by atoms with Gasteiger partial charge in [-0.2, -0.15) is 5.10 Å². The maximum absolute atomic E-state index is 14.7. The van der Waals surface area contributed by atoms with Crippen molar-refractivity contribution in [3.63, 3.8) is 0 Å². The third kappa shape index (κ3) is 13.8. The smallest absolute Gasteiger partial charge is 0.312 e. The van der Waals surface area contributed by atoms with Gasteiger partial charge in [-0.3, -0.25) is 19.4 Å². The Morgan fingerprint density at radius 1 is 0.826 bits per heavy atom. The zero-order chi connectivity index (χ0) is 51.2. The minimum Gasteiger partial charge on any atom is -0.507 e. The van der Waals surface area contributed by atoms with Gasteiger partial charge in [-0.25, -0.2) is 0 Å². The summed E-state index contributed by atoms with van der Waals surface area (Å²) in [5, 5.41) is 68.5. The molecule has 3 heterocycles. The molecular formula is C54H81N3O12. The van der Waals surface area contributed by atoms with Crippen molar-refractivity contribution < 1.29 is 58.9 Å². The molecule has 0 radical (unpaired) electrons. The summed E-state index contributed by atoms with van der Waals surface area (Å²) in [6, 6.07) is 0. The number of unbranched alkanes of at least 4 members (excludes halogenated alkanes) is 10. The lowest BCUT2D eigenvalue weighted by Gasteiger charge is -2.38. The predicted molar refractivity (Wildman–Crippen MR) is 270 cm³/mol. The molecule has 2 aromatic carbocycles. The number of ketones is 1. The Labute approximate surface area is 409 Å². The normalized spacial score (nSPS) is 25.8. The van der Waals surface area contributed by atoms with E-state index in [2.05, 4.69) is 19.2 Å². The van der Waals surface area contributed by atoms with Gasteiger partial charge in [0.15, 0.2) is 5.75 Å². The zero-order valence-electron chi connectivity index (χ0n) is 43.0. The topological polar surface area (TPSA) is 217 Å². The number of fused-ring (bicyclic) bond motifs is 14. The Morgan fingerprint density at radius 2 is 1.42 bits per heavy atom. The number of methoxy groups -OCH3 is 1. The SMILES string of the molecule is CCCCCCCCN(CCCCCCCC)N=Cc1c2c(O)c3c(O)c(C)c4c(c3c1O)C(=O)[C@@](C)(OC=C[C@H](OC)[C@H](C)[C@H](OC(C)=O)[C@H](C)[C@H](O)[C@H](C)[C@H](O)[C@H](C)C=CC=C(C)C(=O)N2)O4. The quantitative estimate of drug-likeness (QED) is 0.0205. The van der Waals surface area contributed by atoms with Crippen molar-refractivity contribution in [1.29, 1.82) is 0 Å². The Kier molecular flexibility index (Phi) is 21.4. The van der Waals surface area contributed by atoms with Gasteiger partial charge in [0, 0.05) is 74.2 Å². The highest BCUT2D eigenvalue weighted by atomic mass is 16.7. The number of allylic oxidation sites excluding steroid dienone is 2. The van der Waals surface area contributed by atoms with Crippen molar-refractivity contribution in [2.75, 3.05) is 25.5 Å². The zero-order valence-corrected chi connectivity index (χ0v) is 43.0. The van der Waals surface area contributed by atoms with E-state index < -0.39 is 88.8 Å². The Hall–Kier alpha value is -5.12. The van der Waals surface area contributed by atoms with Crippen LogP contribution in [-0.2, 0) is 23.8 Å². The third-order valence-corrected chi connectivity index (χ3v) is 13.9. The fraction of sp³-hybridized carbons (Fsp3) is 0.630. The van der Waals surface area contributed by atoms with E-state index in [1.165, 1.54) is 65.4 Å². The number of aromatic hydroxyl groups is 3. The highest BCUT2D eigenvalue weighted by Crippen LogP contribution is 2.55. The van der Waals surface area contributed by atoms with E-state index in [1.807, 2.05) is 5.01 Å². The summed E-state index contributed by atoms with van der Waals surface area (Å²) < 4.78 is 23.9. The lowest BCUT2D eigenvalue weighted by atomic mass is 9.78. The molecule has 0 spiro atoms. The van der Waals surface area contributed by atoms with Crippen LogP contribution in [0.3, 0.4) is 0 Å². The molecule has 0 saturated carbocycles. The number of aliphatic hydroxyl groups is 2. The summed E-state index contributed by atoms with van der Waals surface area (Å²) in [7, 11) is 1.45. The Bertz CT molecular complexity index is 2190. The molecule has 0 fully saturated rings. The van der Waals surface area contributed by atoms with Crippen LogP contribution in [0.5, 0.6) is 23.0 Å². The van der Waals surface area contributed by atoms with E-state index in [9.17, 15) is 39.9 Å². The first kappa shape index (κ1) is 56.5. The highest BCUT2D eigenvalue weighted by molar-refractivity contribution is 6.23. The van der Waals surface area contributed by atoms with Gasteiger partial charge in [0.2, 0.25) is 0 Å². The molecule has 3 aliphatic heterocycles. The van der Waals surface area contributed by atoms with Crippen LogP contribution in [0.25, 0.3) is 10.8 Å². The summed E-state index contributed by atoms with van der Waals surface area (Å²) in [6.45, 7) is 18.3. The number of carbonyl (C=O) groups excluding carboxylic acids is 3. The number of benzene rings is 2. The molecule has 9 atom stereocenters. The van der Waals surface area contributed by atoms with E-state index in [4.69, 9.17) is 24.0 Å². The number of phenols is 3. The van der Waals surface area contributed by atoms with Crippen molar-refractivity contribution in [2.24, 2.45) is 28.8 Å². The molecule has 2 aromatic rings. The molecule has 15 nitrogen and oxygen atoms in total. The predicted octanol–water partition coefficient (Wildman–Crippen LogP) is 10.1. The van der Waals surface area contributed by atoms with E-state index in [-0.39, 0.29) is 44.5 Å². The number of aliphatic hydroxyl groups excluding tert-OH is 2. The number of anilines is 1. The van der Waals surface area contributed by atoms with Crippen LogP contribution in [0.4, 0.5) is 5.69 Å². The van der Waals surface area contributed by atoms with Crippen LogP contribution in [0, 0.1) is 30.6 Å². The van der Waals surface area contributed by atoms with E-state index in [0.717, 1.165) is 64.2 Å². The van der Waals surface area contributed by atoms with Gasteiger partial charge in [0.25, 0.3) is 11.7 Å². The fourth-order valence-corrected chi connectivity index (χ4v) is 9.39. The molecule has 6 N–H and O–H groups in total. The summed E-state index contributed by atoms with van der Waals surface area (Å²) in [5.41, 5.74) is -0.259. The van der Waals surface area contributed by atoms with Crippen molar-refractivity contribution in [1.82, 2.24) is 5.01 Å². The van der Waals surface area contributed by atoms with Gasteiger partial charge < -0.3 is 49.8 Å². The molecule has 0 aromatic heterocycles. The average Bonchev–Trinajstić information content (AvgIpc) is 3.58. The Morgan fingerprint density at radius 3 is 2.00 bits per heavy atom. The average molecular weight is 964 g/mol. The molecule has 3 aliphatic rings. The number of hydrogen-bond donors (Lipinski definition) is 6. The van der Waals surface area contributed by atoms with Crippen LogP contribution >= 0.6 is 0 Å². The van der Waals surface area contributed by atoms with E-state index in [0.29, 0.717) is 13.1 Å². The fourth-order valence-electron chi connectivity index (χ4n) is 9.39. The lowest BCUT2D eigenvalue weighted by molar-refractivity contribution is -0.160. The second-order valence-corrected chi connectivity index (χ2v) is 19.4. The van der Waals surface area contributed by atoms with Crippen molar-refractivity contribution >= 4 is 40.3 Å². The van der Waals surface area contributed by atoms with Crippen molar-refractivity contribution in [3.8, 4) is 23.0 Å². The number of esters is 1. The van der Waals surface area contributed by atoms with Crippen LogP contribution in [0.15, 0.2) is 41.2 Å². The number of hydrazone groups is 1. The molecule has 5 rings (SSSR count). The number of nitrogens with one attached hydrogen (secondary N) is 1. The minimum absolute atomic E-state index is 0.0667. The maximum Gasteiger partial charge on any atom is 0.312 e. The first-order chi connectivity index (χ1) is 32.8. The van der Waals surface area contributed by atoms with E-state index in [1.54, 1.807) is 46.8 Å². The van der Waals surface area contributed by atoms with Gasteiger partial charge in [-0.15, -0.1) is 0 Å². The van der Waals surface area contributed by atoms with E-state index >= 15 is 0 Å². The second-order valence-electron chi connectivity index (χ2n) is 19.4. The number of ether oxygens (including phenoxy) is 4. The largest absolute Gasteiger partial charge is 0.507 e. The molecule has 0 aliphatic carbocycles. The van der Waals surface area contributed by atoms with Gasteiger partial charge in [-0.1, -0.05) is 124 Å². The molecule has 15 heteroatoms. The molecule has 69 heavy (non-hydrogen) atoms. The minimum atomic E-state index is -2.05. The van der Waals surface area contributed by atoms with Gasteiger partial charge in [-0.05, 0) is 32.8 Å². The molecule has 1 amide bonds. The molecule has 0 unspecified atom stereocenters. The van der Waals surface area contributed by atoms with Gasteiger partial charge >= 0.3 is 11.8 Å². The summed E-state index contributed by atoms with van der Waals surface area (Å²) in [6.07, 6.45) is 18.0. The standard InChI is InChI=1S/C54H81N3O12/c1-12-14-16-18-20-22-28-57(29-23-21-19-17-15-13-2)55-31-39-44-49(63)42-41(48(39)62)43-51(37(8)47(42)61)69-54(10,52(43)64)67-30-27-40(66-11)34(5)50(68-38(9)58)36(7)46(60)35(6)45(59)32(3)25-24-26-33(4)53(65)56-44/h24-27,30-32,34-36,40,45-46,50,59-63H,12-23,28-29H2,1-11H3,(H,56,65)/t32-,34+,35-,36-,40+,45-,46-,50+,54+/m1/s1.